The molecule has 0 spiro atoms. The zero-order valence-electron chi connectivity index (χ0n) is 15.9. The van der Waals surface area contributed by atoms with Gasteiger partial charge in [0.05, 0.1) is 32.7 Å². The second kappa shape index (κ2) is 9.29. The smallest absolute Gasteiger partial charge is 0.206 e. The van der Waals surface area contributed by atoms with Gasteiger partial charge in [0.1, 0.15) is 11.5 Å². The van der Waals surface area contributed by atoms with Crippen LogP contribution in [0.15, 0.2) is 64.5 Å². The molecule has 0 unspecified atom stereocenters. The molecule has 0 bridgehead atoms. The molecule has 0 aliphatic carbocycles. The van der Waals surface area contributed by atoms with Crippen LogP contribution in [0.2, 0.25) is 0 Å². The van der Waals surface area contributed by atoms with Crippen molar-refractivity contribution in [3.8, 4) is 22.8 Å². The lowest BCUT2D eigenvalue weighted by molar-refractivity contribution is 0.395. The first-order valence-electron chi connectivity index (χ1n) is 8.61. The van der Waals surface area contributed by atoms with Crippen LogP contribution in [-0.4, -0.2) is 31.7 Å². The molecule has 8 heteroatoms. The van der Waals surface area contributed by atoms with Crippen LogP contribution in [0, 0.1) is 11.6 Å². The molecule has 0 aliphatic heterocycles. The summed E-state index contributed by atoms with van der Waals surface area (Å²) in [5.74, 6) is -0.572. The van der Waals surface area contributed by atoms with E-state index in [1.807, 2.05) is 17.5 Å². The Balaban J connectivity index is 2.12. The van der Waals surface area contributed by atoms with Crippen molar-refractivity contribution in [2.24, 2.45) is 10.1 Å². The Bertz CT molecular complexity index is 1120. The largest absolute Gasteiger partial charge is 0.497 e. The first-order chi connectivity index (χ1) is 14.1. The first-order valence-corrected chi connectivity index (χ1v) is 9.49. The first kappa shape index (κ1) is 20.5. The maximum absolute atomic E-state index is 13.5. The van der Waals surface area contributed by atoms with Crippen molar-refractivity contribution in [3.05, 3.63) is 76.4 Å². The highest BCUT2D eigenvalue weighted by molar-refractivity contribution is 7.07. The van der Waals surface area contributed by atoms with Crippen molar-refractivity contribution in [2.45, 2.75) is 0 Å². The molecule has 29 heavy (non-hydrogen) atoms. The third-order valence-electron chi connectivity index (χ3n) is 3.99. The van der Waals surface area contributed by atoms with Crippen LogP contribution >= 0.6 is 11.3 Å². The third-order valence-corrected chi connectivity index (χ3v) is 4.85. The standard InChI is InChI=1S/C21H19F2N3O2S/c1-4-9-24-21-26(25-12-14-5-8-17(22)18(23)10-14)19(13-29-21)16-7-6-15(27-2)11-20(16)28-3/h4-8,10-13H,1,9H2,2-3H3. The molecule has 0 aliphatic rings. The summed E-state index contributed by atoms with van der Waals surface area (Å²) in [4.78, 5) is 5.08. The molecule has 150 valence electrons. The number of hydrogen-bond donors (Lipinski definition) is 0. The van der Waals surface area contributed by atoms with E-state index in [1.54, 1.807) is 31.0 Å². The molecule has 3 rings (SSSR count). The summed E-state index contributed by atoms with van der Waals surface area (Å²) in [5.41, 5.74) is 1.94. The second-order valence-electron chi connectivity index (χ2n) is 5.83. The van der Waals surface area contributed by atoms with Gasteiger partial charge < -0.3 is 9.47 Å². The molecule has 0 saturated heterocycles. The van der Waals surface area contributed by atoms with Gasteiger partial charge in [0.25, 0.3) is 0 Å². The minimum atomic E-state index is -0.933. The van der Waals surface area contributed by atoms with Crippen molar-refractivity contribution in [2.75, 3.05) is 20.8 Å². The van der Waals surface area contributed by atoms with Gasteiger partial charge in [-0.15, -0.1) is 17.9 Å². The number of halogens is 2. The highest BCUT2D eigenvalue weighted by Gasteiger charge is 2.13. The van der Waals surface area contributed by atoms with Crippen molar-refractivity contribution >= 4 is 17.6 Å². The van der Waals surface area contributed by atoms with Gasteiger partial charge in [-0.3, -0.25) is 4.99 Å². The predicted molar refractivity (Wildman–Crippen MR) is 111 cm³/mol. The summed E-state index contributed by atoms with van der Waals surface area (Å²) in [6.07, 6.45) is 3.12. The molecule has 0 fully saturated rings. The number of benzene rings is 2. The van der Waals surface area contributed by atoms with Gasteiger partial charge in [0, 0.05) is 17.0 Å². The molecule has 0 saturated carbocycles. The van der Waals surface area contributed by atoms with Crippen LogP contribution in [0.5, 0.6) is 11.5 Å². The van der Waals surface area contributed by atoms with Gasteiger partial charge in [0.15, 0.2) is 11.6 Å². The van der Waals surface area contributed by atoms with Crippen molar-refractivity contribution in [1.29, 1.82) is 0 Å². The van der Waals surface area contributed by atoms with E-state index in [2.05, 4.69) is 16.7 Å². The number of methoxy groups -OCH3 is 2. The summed E-state index contributed by atoms with van der Waals surface area (Å²) >= 11 is 1.39. The predicted octanol–water partition coefficient (Wildman–Crippen LogP) is 4.48. The Labute approximate surface area is 170 Å². The van der Waals surface area contributed by atoms with Gasteiger partial charge in [0.2, 0.25) is 4.80 Å². The quantitative estimate of drug-likeness (QED) is 0.422. The van der Waals surface area contributed by atoms with Crippen LogP contribution in [-0.2, 0) is 0 Å². The van der Waals surface area contributed by atoms with E-state index in [-0.39, 0.29) is 0 Å². The lowest BCUT2D eigenvalue weighted by Gasteiger charge is -2.11. The van der Waals surface area contributed by atoms with E-state index < -0.39 is 11.6 Å². The monoisotopic (exact) mass is 415 g/mol. The summed E-state index contributed by atoms with van der Waals surface area (Å²) in [6.45, 7) is 4.10. The minimum Gasteiger partial charge on any atom is -0.497 e. The summed E-state index contributed by atoms with van der Waals surface area (Å²) in [7, 11) is 3.15. The molecule has 0 atom stereocenters. The molecule has 1 aromatic heterocycles. The summed E-state index contributed by atoms with van der Waals surface area (Å²) in [6, 6.07) is 9.05. The molecule has 0 amide bonds. The third kappa shape index (κ3) is 4.60. The Hall–Kier alpha value is -3.26. The van der Waals surface area contributed by atoms with Gasteiger partial charge in [-0.25, -0.2) is 13.5 Å². The number of rotatable bonds is 7. The van der Waals surface area contributed by atoms with Gasteiger partial charge in [-0.05, 0) is 29.8 Å². The SMILES string of the molecule is C=CCN=c1scc(-c2ccc(OC)cc2OC)n1N=Cc1ccc(F)c(F)c1. The van der Waals surface area contributed by atoms with Crippen molar-refractivity contribution < 1.29 is 18.3 Å². The molecular weight excluding hydrogens is 396 g/mol. The topological polar surface area (TPSA) is 48.1 Å². The fourth-order valence-corrected chi connectivity index (χ4v) is 3.41. The number of aromatic nitrogens is 1. The van der Waals surface area contributed by atoms with Crippen LogP contribution in [0.25, 0.3) is 11.3 Å². The number of nitrogens with zero attached hydrogens (tertiary/aromatic N) is 3. The lowest BCUT2D eigenvalue weighted by atomic mass is 10.1. The molecule has 3 aromatic rings. The van der Waals surface area contributed by atoms with E-state index in [4.69, 9.17) is 9.47 Å². The minimum absolute atomic E-state index is 0.417. The Morgan fingerprint density at radius 1 is 1.10 bits per heavy atom. The van der Waals surface area contributed by atoms with E-state index in [1.165, 1.54) is 23.6 Å². The fourth-order valence-electron chi connectivity index (χ4n) is 2.57. The maximum atomic E-state index is 13.5. The number of hydrogen-bond acceptors (Lipinski definition) is 5. The summed E-state index contributed by atoms with van der Waals surface area (Å²) in [5, 5.41) is 6.35. The van der Waals surface area contributed by atoms with E-state index >= 15 is 0 Å². The molecule has 5 nitrogen and oxygen atoms in total. The van der Waals surface area contributed by atoms with Crippen LogP contribution < -0.4 is 14.3 Å². The number of thiazole rings is 1. The molecule has 0 N–H and O–H groups in total. The average Bonchev–Trinajstić information content (AvgIpc) is 3.14. The molecule has 2 aromatic carbocycles. The van der Waals surface area contributed by atoms with Gasteiger partial charge in [-0.1, -0.05) is 12.1 Å². The van der Waals surface area contributed by atoms with Crippen LogP contribution in [0.1, 0.15) is 5.56 Å². The van der Waals surface area contributed by atoms with Crippen LogP contribution in [0.4, 0.5) is 8.78 Å². The zero-order valence-corrected chi connectivity index (χ0v) is 16.7. The highest BCUT2D eigenvalue weighted by Crippen LogP contribution is 2.33. The Morgan fingerprint density at radius 2 is 1.93 bits per heavy atom. The number of ether oxygens (including phenoxy) is 2. The van der Waals surface area contributed by atoms with E-state index in [0.29, 0.717) is 28.4 Å². The normalized spacial score (nSPS) is 11.8. The Kier molecular flexibility index (Phi) is 6.56. The van der Waals surface area contributed by atoms with Crippen molar-refractivity contribution in [3.63, 3.8) is 0 Å². The molecular formula is C21H19F2N3O2S. The van der Waals surface area contributed by atoms with Gasteiger partial charge >= 0.3 is 0 Å². The average molecular weight is 415 g/mol. The van der Waals surface area contributed by atoms with Gasteiger partial charge in [-0.2, -0.15) is 5.10 Å². The molecule has 1 heterocycles. The lowest BCUT2D eigenvalue weighted by Crippen LogP contribution is -2.12. The van der Waals surface area contributed by atoms with E-state index in [9.17, 15) is 8.78 Å². The maximum Gasteiger partial charge on any atom is 0.206 e. The zero-order chi connectivity index (χ0) is 20.8. The van der Waals surface area contributed by atoms with Crippen molar-refractivity contribution in [1.82, 2.24) is 4.68 Å². The van der Waals surface area contributed by atoms with Crippen LogP contribution in [0.3, 0.4) is 0 Å². The second-order valence-corrected chi connectivity index (χ2v) is 6.67. The van der Waals surface area contributed by atoms with E-state index in [0.717, 1.165) is 23.4 Å². The summed E-state index contributed by atoms with van der Waals surface area (Å²) < 4.78 is 39.1. The fraction of sp³-hybridized carbons (Fsp3) is 0.143. The Morgan fingerprint density at radius 3 is 2.62 bits per heavy atom. The molecule has 0 radical (unpaired) electrons. The highest BCUT2D eigenvalue weighted by atomic mass is 32.1.